The van der Waals surface area contributed by atoms with Crippen LogP contribution < -0.4 is 10.6 Å². The van der Waals surface area contributed by atoms with Crippen LogP contribution in [0.2, 0.25) is 0 Å². The second-order valence-corrected chi connectivity index (χ2v) is 17.5. The molecule has 0 bridgehead atoms. The summed E-state index contributed by atoms with van der Waals surface area (Å²) in [5, 5.41) is 6.50. The Labute approximate surface area is 344 Å². The maximum Gasteiger partial charge on any atom is 0.310 e. The van der Waals surface area contributed by atoms with Gasteiger partial charge in [-0.15, -0.1) is 0 Å². The Kier molecular flexibility index (Phi) is 36.8. The van der Waals surface area contributed by atoms with Gasteiger partial charge in [-0.3, -0.25) is 14.4 Å². The van der Waals surface area contributed by atoms with Crippen LogP contribution in [0.5, 0.6) is 0 Å². The molecule has 1 amide bonds. The quantitative estimate of drug-likeness (QED) is 0.0364. The molecule has 2 N–H and O–H groups in total. The van der Waals surface area contributed by atoms with Crippen molar-refractivity contribution in [3.63, 3.8) is 0 Å². The van der Waals surface area contributed by atoms with Crippen molar-refractivity contribution in [2.45, 2.75) is 219 Å². The number of nitrogens with one attached hydrogen (secondary N) is 2. The number of amides is 1. The minimum Gasteiger partial charge on any atom is -0.466 e. The third-order valence-electron chi connectivity index (χ3n) is 11.1. The zero-order chi connectivity index (χ0) is 39.9. The summed E-state index contributed by atoms with van der Waals surface area (Å²) < 4.78 is 11.5. The van der Waals surface area contributed by atoms with Crippen molar-refractivity contribution in [1.82, 2.24) is 10.6 Å². The molecule has 2 unspecified atom stereocenters. The summed E-state index contributed by atoms with van der Waals surface area (Å²) in [6, 6.07) is 0.157. The molecule has 8 heteroatoms. The van der Waals surface area contributed by atoms with Crippen LogP contribution in [-0.4, -0.2) is 61.7 Å². The van der Waals surface area contributed by atoms with Gasteiger partial charge in [0.2, 0.25) is 5.91 Å². The molecule has 1 heterocycles. The van der Waals surface area contributed by atoms with Crippen molar-refractivity contribution in [3.05, 3.63) is 12.2 Å². The van der Waals surface area contributed by atoms with Crippen molar-refractivity contribution in [2.24, 2.45) is 11.8 Å². The van der Waals surface area contributed by atoms with Crippen LogP contribution in [-0.2, 0) is 23.9 Å². The van der Waals surface area contributed by atoms with Crippen LogP contribution in [0.1, 0.15) is 213 Å². The predicted molar refractivity (Wildman–Crippen MR) is 236 cm³/mol. The maximum atomic E-state index is 13.5. The van der Waals surface area contributed by atoms with Gasteiger partial charge in [0, 0.05) is 24.0 Å². The molecule has 7 nitrogen and oxygen atoms in total. The number of thioether (sulfide) groups is 1. The van der Waals surface area contributed by atoms with Crippen molar-refractivity contribution in [3.8, 4) is 0 Å². The van der Waals surface area contributed by atoms with E-state index in [1.807, 2.05) is 0 Å². The standard InChI is InChI=1S/C47H88N2O5S/c1-4-7-10-13-15-16-17-18-19-20-21-22-23-24-26-29-37-53-46(51)34-38-55-41-43(39-45(50)49-44-32-35-48-36-33-44)47(52)54-40-42(30-27-12-9-6-3)31-28-25-14-11-8-5-2/h18-19,42-44,48H,4-17,20-41H2,1-3H3,(H,49,50)/b19-18-. The van der Waals surface area contributed by atoms with Gasteiger partial charge in [-0.25, -0.2) is 0 Å². The van der Waals surface area contributed by atoms with Gasteiger partial charge in [-0.2, -0.15) is 11.8 Å². The minimum absolute atomic E-state index is 0.0762. The molecule has 1 saturated heterocycles. The first kappa shape index (κ1) is 51.5. The van der Waals surface area contributed by atoms with Crippen LogP contribution >= 0.6 is 11.8 Å². The lowest BCUT2D eigenvalue weighted by atomic mass is 9.95. The zero-order valence-corrected chi connectivity index (χ0v) is 37.1. The number of piperidine rings is 1. The molecule has 1 aliphatic heterocycles. The van der Waals surface area contributed by atoms with E-state index in [1.54, 1.807) is 11.8 Å². The Bertz CT molecular complexity index is 925. The predicted octanol–water partition coefficient (Wildman–Crippen LogP) is 12.4. The van der Waals surface area contributed by atoms with Crippen molar-refractivity contribution in [2.75, 3.05) is 37.8 Å². The molecule has 55 heavy (non-hydrogen) atoms. The van der Waals surface area contributed by atoms with E-state index in [1.165, 1.54) is 141 Å². The van der Waals surface area contributed by atoms with E-state index in [0.717, 1.165) is 51.6 Å². The van der Waals surface area contributed by atoms with Gasteiger partial charge in [0.05, 0.1) is 25.6 Å². The van der Waals surface area contributed by atoms with Crippen LogP contribution in [0.25, 0.3) is 0 Å². The first-order valence-corrected chi connectivity index (χ1v) is 24.7. The van der Waals surface area contributed by atoms with Crippen LogP contribution in [0.3, 0.4) is 0 Å². The van der Waals surface area contributed by atoms with Gasteiger partial charge in [-0.1, -0.05) is 155 Å². The molecule has 0 spiro atoms. The number of hydrogen-bond donors (Lipinski definition) is 2. The van der Waals surface area contributed by atoms with Gasteiger partial charge in [0.25, 0.3) is 0 Å². The smallest absolute Gasteiger partial charge is 0.310 e. The molecular formula is C47H88N2O5S. The van der Waals surface area contributed by atoms with Gasteiger partial charge >= 0.3 is 11.9 Å². The molecule has 0 aromatic rings. The summed E-state index contributed by atoms with van der Waals surface area (Å²) in [6.07, 6.45) is 39.2. The number of unbranched alkanes of at least 4 members (excludes halogenated alkanes) is 20. The van der Waals surface area contributed by atoms with Gasteiger partial charge in [0.1, 0.15) is 0 Å². The van der Waals surface area contributed by atoms with Crippen molar-refractivity contribution >= 4 is 29.6 Å². The summed E-state index contributed by atoms with van der Waals surface area (Å²) in [6.45, 7) is 9.48. The van der Waals surface area contributed by atoms with Gasteiger partial charge in [-0.05, 0) is 76.8 Å². The van der Waals surface area contributed by atoms with E-state index < -0.39 is 5.92 Å². The summed E-state index contributed by atoms with van der Waals surface area (Å²) in [5.41, 5.74) is 0. The topological polar surface area (TPSA) is 93.7 Å². The molecule has 0 aromatic carbocycles. The fourth-order valence-corrected chi connectivity index (χ4v) is 8.39. The lowest BCUT2D eigenvalue weighted by Gasteiger charge is -2.25. The summed E-state index contributed by atoms with van der Waals surface area (Å²) in [4.78, 5) is 39.0. The highest BCUT2D eigenvalue weighted by Gasteiger charge is 2.26. The minimum atomic E-state index is -0.515. The molecule has 0 aromatic heterocycles. The van der Waals surface area contributed by atoms with E-state index >= 15 is 0 Å². The van der Waals surface area contributed by atoms with Crippen LogP contribution in [0.4, 0.5) is 0 Å². The van der Waals surface area contributed by atoms with E-state index in [4.69, 9.17) is 9.47 Å². The van der Waals surface area contributed by atoms with Crippen LogP contribution in [0, 0.1) is 11.8 Å². The monoisotopic (exact) mass is 793 g/mol. The number of carbonyl (C=O) groups excluding carboxylic acids is 3. The largest absolute Gasteiger partial charge is 0.466 e. The third-order valence-corrected chi connectivity index (χ3v) is 12.2. The van der Waals surface area contributed by atoms with E-state index in [0.29, 0.717) is 37.1 Å². The third kappa shape index (κ3) is 33.2. The summed E-state index contributed by atoms with van der Waals surface area (Å²) >= 11 is 1.55. The highest BCUT2D eigenvalue weighted by molar-refractivity contribution is 7.99. The lowest BCUT2D eigenvalue weighted by molar-refractivity contribution is -0.151. The number of hydrogen-bond acceptors (Lipinski definition) is 7. The van der Waals surface area contributed by atoms with Crippen molar-refractivity contribution < 1.29 is 23.9 Å². The molecular weight excluding hydrogens is 705 g/mol. The number of rotatable bonds is 39. The average Bonchev–Trinajstić information content (AvgIpc) is 3.19. The number of allylic oxidation sites excluding steroid dienone is 2. The Morgan fingerprint density at radius 1 is 0.673 bits per heavy atom. The molecule has 0 saturated carbocycles. The summed E-state index contributed by atoms with van der Waals surface area (Å²) in [5.74, 6) is 0.390. The Balaban J connectivity index is 2.37. The van der Waals surface area contributed by atoms with Gasteiger partial charge in [0.15, 0.2) is 0 Å². The Morgan fingerprint density at radius 3 is 1.76 bits per heavy atom. The highest BCUT2D eigenvalue weighted by Crippen LogP contribution is 2.22. The highest BCUT2D eigenvalue weighted by atomic mass is 32.2. The molecule has 1 aliphatic rings. The Hall–Kier alpha value is -1.54. The Morgan fingerprint density at radius 2 is 1.18 bits per heavy atom. The summed E-state index contributed by atoms with van der Waals surface area (Å²) in [7, 11) is 0. The van der Waals surface area contributed by atoms with Crippen molar-refractivity contribution in [1.29, 1.82) is 0 Å². The first-order valence-electron chi connectivity index (χ1n) is 23.5. The van der Waals surface area contributed by atoms with E-state index in [2.05, 4.69) is 43.6 Å². The van der Waals surface area contributed by atoms with E-state index in [9.17, 15) is 14.4 Å². The molecule has 0 aliphatic carbocycles. The number of esters is 2. The normalized spacial score (nSPS) is 14.6. The molecule has 1 rings (SSSR count). The molecule has 0 radical (unpaired) electrons. The fourth-order valence-electron chi connectivity index (χ4n) is 7.38. The van der Waals surface area contributed by atoms with E-state index in [-0.39, 0.29) is 30.3 Å². The van der Waals surface area contributed by atoms with Gasteiger partial charge < -0.3 is 20.1 Å². The SMILES string of the molecule is CCCCCCCC/C=C\CCCCCCCCOC(=O)CCSCC(CC(=O)NC1CCNCC1)C(=O)OCC(CCCCCC)CCCCCCCC. The lowest BCUT2D eigenvalue weighted by Crippen LogP contribution is -2.43. The fraction of sp³-hybridized carbons (Fsp3) is 0.894. The molecule has 2 atom stereocenters. The maximum absolute atomic E-state index is 13.5. The average molecular weight is 793 g/mol. The van der Waals surface area contributed by atoms with Crippen LogP contribution in [0.15, 0.2) is 12.2 Å². The molecule has 1 fully saturated rings. The zero-order valence-electron chi connectivity index (χ0n) is 36.3. The number of carbonyl (C=O) groups is 3. The number of ether oxygens (including phenoxy) is 2. The second-order valence-electron chi connectivity index (χ2n) is 16.4. The first-order chi connectivity index (χ1) is 27.0. The second kappa shape index (κ2) is 39.3. The molecule has 322 valence electrons.